The van der Waals surface area contributed by atoms with Crippen LogP contribution < -0.4 is 0 Å². The van der Waals surface area contributed by atoms with Crippen LogP contribution in [0.15, 0.2) is 24.3 Å². The van der Waals surface area contributed by atoms with Gasteiger partial charge in [-0.3, -0.25) is 0 Å². The van der Waals surface area contributed by atoms with E-state index in [4.69, 9.17) is 11.6 Å². The van der Waals surface area contributed by atoms with E-state index >= 15 is 0 Å². The second kappa shape index (κ2) is 7.17. The Bertz CT molecular complexity index is 304. The molecule has 0 aliphatic heterocycles. The SMILES string of the molecule is CSCCN(C)CC(O)c1ccc(Cl)cc1. The number of rotatable bonds is 6. The molecule has 0 fully saturated rings. The van der Waals surface area contributed by atoms with Gasteiger partial charge in [-0.15, -0.1) is 0 Å². The van der Waals surface area contributed by atoms with Crippen molar-refractivity contribution >= 4 is 23.4 Å². The van der Waals surface area contributed by atoms with Crippen LogP contribution in [0, 0.1) is 0 Å². The molecule has 0 heterocycles. The molecule has 1 aromatic rings. The summed E-state index contributed by atoms with van der Waals surface area (Å²) in [6.45, 7) is 1.65. The highest BCUT2D eigenvalue weighted by molar-refractivity contribution is 7.98. The Morgan fingerprint density at radius 2 is 2.00 bits per heavy atom. The van der Waals surface area contributed by atoms with Gasteiger partial charge in [0.25, 0.3) is 0 Å². The number of thioether (sulfide) groups is 1. The van der Waals surface area contributed by atoms with Gasteiger partial charge in [0, 0.05) is 23.9 Å². The maximum Gasteiger partial charge on any atom is 0.0916 e. The van der Waals surface area contributed by atoms with Crippen LogP contribution >= 0.6 is 23.4 Å². The summed E-state index contributed by atoms with van der Waals surface area (Å²) in [7, 11) is 2.02. The fraction of sp³-hybridized carbons (Fsp3) is 0.500. The van der Waals surface area contributed by atoms with E-state index in [0.29, 0.717) is 11.6 Å². The summed E-state index contributed by atoms with van der Waals surface area (Å²) in [5.41, 5.74) is 0.917. The predicted molar refractivity (Wildman–Crippen MR) is 72.3 cm³/mol. The molecule has 0 amide bonds. The lowest BCUT2D eigenvalue weighted by Crippen LogP contribution is -2.26. The van der Waals surface area contributed by atoms with Gasteiger partial charge in [0.15, 0.2) is 0 Å². The minimum absolute atomic E-state index is 0.441. The van der Waals surface area contributed by atoms with Crippen LogP contribution in [0.5, 0.6) is 0 Å². The Kier molecular flexibility index (Phi) is 6.21. The first-order chi connectivity index (χ1) is 7.63. The minimum atomic E-state index is -0.441. The smallest absolute Gasteiger partial charge is 0.0916 e. The highest BCUT2D eigenvalue weighted by Crippen LogP contribution is 2.17. The molecule has 0 bridgehead atoms. The highest BCUT2D eigenvalue weighted by atomic mass is 35.5. The molecular formula is C12H18ClNOS. The summed E-state index contributed by atoms with van der Waals surface area (Å²) >= 11 is 7.61. The molecule has 16 heavy (non-hydrogen) atoms. The van der Waals surface area contributed by atoms with E-state index in [1.807, 2.05) is 43.1 Å². The summed E-state index contributed by atoms with van der Waals surface area (Å²) in [4.78, 5) is 2.13. The number of likely N-dealkylation sites (N-methyl/N-ethyl adjacent to an activating group) is 1. The summed E-state index contributed by atoms with van der Waals surface area (Å²) < 4.78 is 0. The topological polar surface area (TPSA) is 23.5 Å². The third kappa shape index (κ3) is 4.74. The van der Waals surface area contributed by atoms with Gasteiger partial charge in [-0.2, -0.15) is 11.8 Å². The molecule has 4 heteroatoms. The molecule has 0 aliphatic rings. The van der Waals surface area contributed by atoms with Gasteiger partial charge in [-0.1, -0.05) is 23.7 Å². The van der Waals surface area contributed by atoms with Gasteiger partial charge >= 0.3 is 0 Å². The van der Waals surface area contributed by atoms with Gasteiger partial charge in [0.1, 0.15) is 0 Å². The maximum absolute atomic E-state index is 9.99. The van der Waals surface area contributed by atoms with Gasteiger partial charge in [-0.25, -0.2) is 0 Å². The summed E-state index contributed by atoms with van der Waals surface area (Å²) in [5.74, 6) is 1.09. The summed E-state index contributed by atoms with van der Waals surface area (Å²) in [6, 6.07) is 7.36. The fourth-order valence-corrected chi connectivity index (χ4v) is 2.04. The van der Waals surface area contributed by atoms with Crippen LogP contribution in [0.25, 0.3) is 0 Å². The van der Waals surface area contributed by atoms with Crippen molar-refractivity contribution in [2.45, 2.75) is 6.10 Å². The minimum Gasteiger partial charge on any atom is -0.387 e. The number of nitrogens with zero attached hydrogens (tertiary/aromatic N) is 1. The van der Waals surface area contributed by atoms with Gasteiger partial charge in [0.2, 0.25) is 0 Å². The first-order valence-electron chi connectivity index (χ1n) is 5.24. The quantitative estimate of drug-likeness (QED) is 0.850. The standard InChI is InChI=1S/C12H18ClNOS/c1-14(7-8-16-2)9-12(15)10-3-5-11(13)6-4-10/h3-6,12,15H,7-9H2,1-2H3. The highest BCUT2D eigenvalue weighted by Gasteiger charge is 2.10. The molecule has 2 nitrogen and oxygen atoms in total. The number of benzene rings is 1. The van der Waals surface area contributed by atoms with Gasteiger partial charge < -0.3 is 10.0 Å². The zero-order chi connectivity index (χ0) is 12.0. The van der Waals surface area contributed by atoms with E-state index < -0.39 is 6.10 Å². The fourth-order valence-electron chi connectivity index (χ4n) is 1.42. The van der Waals surface area contributed by atoms with Crippen molar-refractivity contribution in [3.8, 4) is 0 Å². The van der Waals surface area contributed by atoms with Crippen LogP contribution in [0.2, 0.25) is 5.02 Å². The van der Waals surface area contributed by atoms with Crippen molar-refractivity contribution in [3.63, 3.8) is 0 Å². The lowest BCUT2D eigenvalue weighted by molar-refractivity contribution is 0.130. The van der Waals surface area contributed by atoms with Gasteiger partial charge in [0.05, 0.1) is 6.10 Å². The third-order valence-corrected chi connectivity index (χ3v) is 3.26. The second-order valence-corrected chi connectivity index (χ2v) is 5.24. The monoisotopic (exact) mass is 259 g/mol. The molecule has 0 aliphatic carbocycles. The molecule has 0 spiro atoms. The van der Waals surface area contributed by atoms with Crippen molar-refractivity contribution in [1.29, 1.82) is 0 Å². The van der Waals surface area contributed by atoms with Crippen molar-refractivity contribution < 1.29 is 5.11 Å². The van der Waals surface area contributed by atoms with E-state index in [1.165, 1.54) is 0 Å². The molecule has 1 atom stereocenters. The Balaban J connectivity index is 2.45. The molecule has 1 N–H and O–H groups in total. The first kappa shape index (κ1) is 13.8. The number of aliphatic hydroxyl groups excluding tert-OH is 1. The molecule has 1 aromatic carbocycles. The lowest BCUT2D eigenvalue weighted by Gasteiger charge is -2.20. The average molecular weight is 260 g/mol. The van der Waals surface area contributed by atoms with Crippen LogP contribution in [0.4, 0.5) is 0 Å². The molecule has 0 radical (unpaired) electrons. The average Bonchev–Trinajstić information content (AvgIpc) is 2.27. The van der Waals surface area contributed by atoms with Crippen molar-refractivity contribution in [1.82, 2.24) is 4.90 Å². The molecule has 0 saturated heterocycles. The van der Waals surface area contributed by atoms with E-state index in [2.05, 4.69) is 11.2 Å². The van der Waals surface area contributed by atoms with Crippen molar-refractivity contribution in [3.05, 3.63) is 34.9 Å². The Labute approximate surface area is 107 Å². The third-order valence-electron chi connectivity index (χ3n) is 2.42. The van der Waals surface area contributed by atoms with Crippen LogP contribution in [-0.2, 0) is 0 Å². The van der Waals surface area contributed by atoms with Crippen LogP contribution in [0.1, 0.15) is 11.7 Å². The molecular weight excluding hydrogens is 242 g/mol. The molecule has 1 unspecified atom stereocenters. The van der Waals surface area contributed by atoms with Crippen LogP contribution in [-0.4, -0.2) is 42.2 Å². The summed E-state index contributed by atoms with van der Waals surface area (Å²) in [5, 5.41) is 10.7. The number of aliphatic hydroxyl groups is 1. The molecule has 0 saturated carbocycles. The maximum atomic E-state index is 9.99. The number of hydrogen-bond donors (Lipinski definition) is 1. The van der Waals surface area contributed by atoms with E-state index in [-0.39, 0.29) is 0 Å². The second-order valence-electron chi connectivity index (χ2n) is 3.82. The van der Waals surface area contributed by atoms with Gasteiger partial charge in [-0.05, 0) is 31.0 Å². The number of halogens is 1. The Morgan fingerprint density at radius 3 is 2.56 bits per heavy atom. The molecule has 0 aromatic heterocycles. The lowest BCUT2D eigenvalue weighted by atomic mass is 10.1. The largest absolute Gasteiger partial charge is 0.387 e. The van der Waals surface area contributed by atoms with Crippen molar-refractivity contribution in [2.75, 3.05) is 32.1 Å². The zero-order valence-corrected chi connectivity index (χ0v) is 11.3. The van der Waals surface area contributed by atoms with Crippen LogP contribution in [0.3, 0.4) is 0 Å². The van der Waals surface area contributed by atoms with E-state index in [9.17, 15) is 5.11 Å². The Morgan fingerprint density at radius 1 is 1.38 bits per heavy atom. The van der Waals surface area contributed by atoms with E-state index in [1.54, 1.807) is 0 Å². The van der Waals surface area contributed by atoms with Crippen molar-refractivity contribution in [2.24, 2.45) is 0 Å². The zero-order valence-electron chi connectivity index (χ0n) is 9.69. The Hall–Kier alpha value is -0.220. The molecule has 1 rings (SSSR count). The normalized spacial score (nSPS) is 13.1. The first-order valence-corrected chi connectivity index (χ1v) is 7.01. The van der Waals surface area contributed by atoms with E-state index in [0.717, 1.165) is 17.9 Å². The summed E-state index contributed by atoms with van der Waals surface area (Å²) in [6.07, 6.45) is 1.65. The number of hydrogen-bond acceptors (Lipinski definition) is 3. The predicted octanol–water partition coefficient (Wildman–Crippen LogP) is 2.67. The molecule has 90 valence electrons.